The lowest BCUT2D eigenvalue weighted by molar-refractivity contribution is -0.137. The first-order valence-corrected chi connectivity index (χ1v) is 6.24. The number of halogens is 3. The number of hydrogen-bond acceptors (Lipinski definition) is 2. The van der Waals surface area contributed by atoms with Crippen LogP contribution in [0.4, 0.5) is 13.2 Å². The molecular weight excluding hydrogens is 281 g/mol. The van der Waals surface area contributed by atoms with Gasteiger partial charge in [-0.05, 0) is 29.8 Å². The van der Waals surface area contributed by atoms with Crippen LogP contribution in [0.2, 0.25) is 0 Å². The molecule has 0 aliphatic carbocycles. The fraction of sp³-hybridized carbons (Fsp3) is 0.188. The third-order valence-electron chi connectivity index (χ3n) is 3.05. The Hall–Kier alpha value is -2.30. The molecule has 0 atom stereocenters. The summed E-state index contributed by atoms with van der Waals surface area (Å²) in [6.07, 6.45) is -4.34. The van der Waals surface area contributed by atoms with E-state index in [4.69, 9.17) is 4.74 Å². The normalized spacial score (nSPS) is 11.2. The molecule has 0 saturated heterocycles. The van der Waals surface area contributed by atoms with Gasteiger partial charge in [0.05, 0.1) is 18.2 Å². The zero-order valence-corrected chi connectivity index (χ0v) is 11.3. The van der Waals surface area contributed by atoms with Crippen molar-refractivity contribution in [2.75, 3.05) is 7.11 Å². The third kappa shape index (κ3) is 3.62. The lowest BCUT2D eigenvalue weighted by atomic mass is 10.0. The van der Waals surface area contributed by atoms with Crippen molar-refractivity contribution in [1.29, 1.82) is 0 Å². The van der Waals surface area contributed by atoms with E-state index in [1.165, 1.54) is 19.2 Å². The zero-order valence-electron chi connectivity index (χ0n) is 11.3. The van der Waals surface area contributed by atoms with Crippen LogP contribution < -0.4 is 4.74 Å². The van der Waals surface area contributed by atoms with Gasteiger partial charge in [-0.1, -0.05) is 24.3 Å². The van der Waals surface area contributed by atoms with E-state index in [2.05, 4.69) is 0 Å². The van der Waals surface area contributed by atoms with Crippen molar-refractivity contribution in [3.05, 3.63) is 65.2 Å². The van der Waals surface area contributed by atoms with Crippen LogP contribution in [0, 0.1) is 0 Å². The Labute approximate surface area is 120 Å². The highest BCUT2D eigenvalue weighted by Gasteiger charge is 2.30. The van der Waals surface area contributed by atoms with E-state index in [0.29, 0.717) is 16.9 Å². The second-order valence-electron chi connectivity index (χ2n) is 4.49. The Bertz CT molecular complexity index is 631. The molecule has 0 spiro atoms. The second-order valence-corrected chi connectivity index (χ2v) is 4.49. The summed E-state index contributed by atoms with van der Waals surface area (Å²) in [5, 5.41) is 0. The SMILES string of the molecule is COc1ccccc1C(=O)Cc1ccc(C(F)(F)F)cc1. The fourth-order valence-corrected chi connectivity index (χ4v) is 1.97. The Morgan fingerprint density at radius 1 is 1.05 bits per heavy atom. The summed E-state index contributed by atoms with van der Waals surface area (Å²) in [5.74, 6) is 0.252. The number of Topliss-reactive ketones (excluding diaryl/α,β-unsaturated/α-hetero) is 1. The predicted octanol–water partition coefficient (Wildman–Crippen LogP) is 4.14. The van der Waals surface area contributed by atoms with Crippen LogP contribution in [0.3, 0.4) is 0 Å². The van der Waals surface area contributed by atoms with Crippen LogP contribution in [0.25, 0.3) is 0 Å². The zero-order chi connectivity index (χ0) is 15.5. The number of alkyl halides is 3. The number of ketones is 1. The molecule has 5 heteroatoms. The minimum Gasteiger partial charge on any atom is -0.496 e. The van der Waals surface area contributed by atoms with Crippen molar-refractivity contribution in [2.24, 2.45) is 0 Å². The molecule has 110 valence electrons. The van der Waals surface area contributed by atoms with Crippen LogP contribution in [-0.2, 0) is 12.6 Å². The molecule has 0 aromatic heterocycles. The summed E-state index contributed by atoms with van der Waals surface area (Å²) in [7, 11) is 1.46. The highest BCUT2D eigenvalue weighted by molar-refractivity contribution is 5.99. The van der Waals surface area contributed by atoms with E-state index in [9.17, 15) is 18.0 Å². The van der Waals surface area contributed by atoms with Gasteiger partial charge in [-0.3, -0.25) is 4.79 Å². The van der Waals surface area contributed by atoms with E-state index in [1.54, 1.807) is 24.3 Å². The molecule has 0 radical (unpaired) electrons. The van der Waals surface area contributed by atoms with Gasteiger partial charge >= 0.3 is 6.18 Å². The number of benzene rings is 2. The van der Waals surface area contributed by atoms with Crippen LogP contribution in [0.5, 0.6) is 5.75 Å². The first-order valence-electron chi connectivity index (χ1n) is 6.24. The first kappa shape index (κ1) is 15.1. The predicted molar refractivity (Wildman–Crippen MR) is 72.5 cm³/mol. The van der Waals surface area contributed by atoms with Gasteiger partial charge in [0, 0.05) is 6.42 Å². The number of carbonyl (C=O) groups is 1. The number of methoxy groups -OCH3 is 1. The van der Waals surface area contributed by atoms with Gasteiger partial charge in [-0.2, -0.15) is 13.2 Å². The molecule has 0 N–H and O–H groups in total. The smallest absolute Gasteiger partial charge is 0.416 e. The number of ether oxygens (including phenoxy) is 1. The standard InChI is InChI=1S/C16H13F3O2/c1-21-15-5-3-2-4-13(15)14(20)10-11-6-8-12(9-7-11)16(17,18)19/h2-9H,10H2,1H3. The lowest BCUT2D eigenvalue weighted by Crippen LogP contribution is -2.07. The molecule has 2 aromatic rings. The van der Waals surface area contributed by atoms with Gasteiger partial charge < -0.3 is 4.74 Å². The molecule has 2 nitrogen and oxygen atoms in total. The van der Waals surface area contributed by atoms with E-state index in [-0.39, 0.29) is 12.2 Å². The maximum absolute atomic E-state index is 12.5. The van der Waals surface area contributed by atoms with Gasteiger partial charge in [0.25, 0.3) is 0 Å². The highest BCUT2D eigenvalue weighted by Crippen LogP contribution is 2.29. The molecule has 0 amide bonds. The largest absolute Gasteiger partial charge is 0.496 e. The maximum atomic E-state index is 12.5. The molecule has 0 heterocycles. The summed E-state index contributed by atoms with van der Waals surface area (Å²) in [6, 6.07) is 11.3. The van der Waals surface area contributed by atoms with E-state index in [0.717, 1.165) is 12.1 Å². The number of hydrogen-bond donors (Lipinski definition) is 0. The maximum Gasteiger partial charge on any atom is 0.416 e. The lowest BCUT2D eigenvalue weighted by Gasteiger charge is -2.09. The van der Waals surface area contributed by atoms with Crippen LogP contribution in [-0.4, -0.2) is 12.9 Å². The number of para-hydroxylation sites is 1. The number of carbonyl (C=O) groups excluding carboxylic acids is 1. The van der Waals surface area contributed by atoms with Crippen LogP contribution in [0.1, 0.15) is 21.5 Å². The first-order chi connectivity index (χ1) is 9.91. The average Bonchev–Trinajstić information content (AvgIpc) is 2.46. The van der Waals surface area contributed by atoms with Gasteiger partial charge in [-0.25, -0.2) is 0 Å². The Kier molecular flexibility index (Phi) is 4.31. The second kappa shape index (κ2) is 5.99. The van der Waals surface area contributed by atoms with Gasteiger partial charge in [0.15, 0.2) is 5.78 Å². The Morgan fingerprint density at radius 2 is 1.67 bits per heavy atom. The monoisotopic (exact) mass is 294 g/mol. The Balaban J connectivity index is 2.16. The van der Waals surface area contributed by atoms with Gasteiger partial charge in [0.1, 0.15) is 5.75 Å². The van der Waals surface area contributed by atoms with Crippen molar-refractivity contribution in [3.8, 4) is 5.75 Å². The molecule has 0 saturated carbocycles. The Morgan fingerprint density at radius 3 is 2.24 bits per heavy atom. The van der Waals surface area contributed by atoms with E-state index < -0.39 is 11.7 Å². The van der Waals surface area contributed by atoms with Gasteiger partial charge in [0.2, 0.25) is 0 Å². The molecule has 0 aliphatic heterocycles. The topological polar surface area (TPSA) is 26.3 Å². The van der Waals surface area contributed by atoms with Crippen LogP contribution >= 0.6 is 0 Å². The minimum absolute atomic E-state index is 0.0263. The van der Waals surface area contributed by atoms with Crippen molar-refractivity contribution < 1.29 is 22.7 Å². The molecule has 2 aromatic carbocycles. The molecular formula is C16H13F3O2. The molecule has 0 bridgehead atoms. The molecule has 21 heavy (non-hydrogen) atoms. The summed E-state index contributed by atoms with van der Waals surface area (Å²) >= 11 is 0. The van der Waals surface area contributed by atoms with Crippen molar-refractivity contribution in [1.82, 2.24) is 0 Å². The summed E-state index contributed by atoms with van der Waals surface area (Å²) in [4.78, 5) is 12.2. The number of rotatable bonds is 4. The van der Waals surface area contributed by atoms with Gasteiger partial charge in [-0.15, -0.1) is 0 Å². The van der Waals surface area contributed by atoms with Crippen LogP contribution in [0.15, 0.2) is 48.5 Å². The van der Waals surface area contributed by atoms with Crippen molar-refractivity contribution in [3.63, 3.8) is 0 Å². The van der Waals surface area contributed by atoms with Crippen molar-refractivity contribution >= 4 is 5.78 Å². The van der Waals surface area contributed by atoms with Crippen molar-refractivity contribution in [2.45, 2.75) is 12.6 Å². The highest BCUT2D eigenvalue weighted by atomic mass is 19.4. The molecule has 0 unspecified atom stereocenters. The van der Waals surface area contributed by atoms with E-state index >= 15 is 0 Å². The fourth-order valence-electron chi connectivity index (χ4n) is 1.97. The average molecular weight is 294 g/mol. The molecule has 0 fully saturated rings. The molecule has 0 aliphatic rings. The summed E-state index contributed by atoms with van der Waals surface area (Å²) in [6.45, 7) is 0. The minimum atomic E-state index is -4.37. The summed E-state index contributed by atoms with van der Waals surface area (Å²) in [5.41, 5.74) is 0.217. The quantitative estimate of drug-likeness (QED) is 0.792. The van der Waals surface area contributed by atoms with E-state index in [1.807, 2.05) is 0 Å². The third-order valence-corrected chi connectivity index (χ3v) is 3.05. The summed E-state index contributed by atoms with van der Waals surface area (Å²) < 4.78 is 42.5. The molecule has 2 rings (SSSR count).